The summed E-state index contributed by atoms with van der Waals surface area (Å²) < 4.78 is 0. The molecular formula is C16H23N3O4. The second-order valence-electron chi connectivity index (χ2n) is 4.74. The first kappa shape index (κ1) is 20.3. The van der Waals surface area contributed by atoms with Gasteiger partial charge in [0.1, 0.15) is 6.29 Å². The number of benzene rings is 1. The van der Waals surface area contributed by atoms with Crippen LogP contribution < -0.4 is 11.1 Å². The van der Waals surface area contributed by atoms with Gasteiger partial charge >= 0.3 is 0 Å². The van der Waals surface area contributed by atoms with Crippen molar-refractivity contribution in [1.82, 2.24) is 10.2 Å². The van der Waals surface area contributed by atoms with Crippen molar-refractivity contribution in [3.63, 3.8) is 0 Å². The molecule has 0 spiro atoms. The minimum atomic E-state index is -0.503. The predicted octanol–water partition coefficient (Wildman–Crippen LogP) is 0.883. The van der Waals surface area contributed by atoms with E-state index in [-0.39, 0.29) is 16.8 Å². The molecule has 0 saturated heterocycles. The second kappa shape index (κ2) is 10.9. The van der Waals surface area contributed by atoms with Gasteiger partial charge in [-0.05, 0) is 12.5 Å². The Hall–Kier alpha value is -2.70. The lowest BCUT2D eigenvalue weighted by molar-refractivity contribution is -0.111. The van der Waals surface area contributed by atoms with Gasteiger partial charge in [-0.2, -0.15) is 0 Å². The lowest BCUT2D eigenvalue weighted by atomic mass is 10.0. The molecule has 0 aliphatic heterocycles. The number of carbonyl (C=O) groups is 4. The highest BCUT2D eigenvalue weighted by atomic mass is 16.2. The largest absolute Gasteiger partial charge is 0.398 e. The lowest BCUT2D eigenvalue weighted by Crippen LogP contribution is -2.38. The third-order valence-corrected chi connectivity index (χ3v) is 3.15. The number of nitrogen functional groups attached to an aromatic ring is 1. The minimum Gasteiger partial charge on any atom is -0.398 e. The maximum Gasteiger partial charge on any atom is 0.257 e. The first-order valence-corrected chi connectivity index (χ1v) is 7.15. The van der Waals surface area contributed by atoms with Crippen LogP contribution in [0.25, 0.3) is 0 Å². The van der Waals surface area contributed by atoms with Crippen LogP contribution in [-0.4, -0.2) is 49.9 Å². The first-order valence-electron chi connectivity index (χ1n) is 7.15. The third-order valence-electron chi connectivity index (χ3n) is 3.15. The van der Waals surface area contributed by atoms with E-state index in [1.807, 2.05) is 6.92 Å². The fourth-order valence-corrected chi connectivity index (χ4v) is 1.91. The van der Waals surface area contributed by atoms with Crippen molar-refractivity contribution in [1.29, 1.82) is 0 Å². The molecule has 1 aromatic carbocycles. The minimum absolute atomic E-state index is 0.156. The molecule has 0 fully saturated rings. The van der Waals surface area contributed by atoms with E-state index in [4.69, 9.17) is 10.5 Å². The molecule has 0 bridgehead atoms. The Labute approximate surface area is 135 Å². The molecule has 1 rings (SSSR count). The number of carbonyl (C=O) groups excluding carboxylic acids is 4. The van der Waals surface area contributed by atoms with E-state index in [9.17, 15) is 14.4 Å². The number of nitrogens with zero attached hydrogens (tertiary/aromatic N) is 1. The topological polar surface area (TPSA) is 110 Å². The quantitative estimate of drug-likeness (QED) is 0.572. The Balaban J connectivity index is 0.00000108. The zero-order chi connectivity index (χ0) is 17.8. The van der Waals surface area contributed by atoms with Crippen LogP contribution in [0, 0.1) is 0 Å². The summed E-state index contributed by atoms with van der Waals surface area (Å²) in [6.07, 6.45) is 3.31. The Morgan fingerprint density at radius 3 is 2.39 bits per heavy atom. The SMILES string of the molecule is CCCC(C=O)N(C)C(=O)c1c(N)cccc1C=O.CNC=O. The van der Waals surface area contributed by atoms with Crippen molar-refractivity contribution in [2.75, 3.05) is 19.8 Å². The molecular weight excluding hydrogens is 298 g/mol. The molecule has 7 nitrogen and oxygen atoms in total. The number of aldehydes is 2. The molecule has 0 saturated carbocycles. The average molecular weight is 321 g/mol. The molecule has 0 aliphatic rings. The summed E-state index contributed by atoms with van der Waals surface area (Å²) in [5.41, 5.74) is 6.38. The summed E-state index contributed by atoms with van der Waals surface area (Å²) in [6, 6.07) is 4.19. The molecule has 1 aromatic rings. The van der Waals surface area contributed by atoms with Crippen LogP contribution in [0.2, 0.25) is 0 Å². The maximum atomic E-state index is 12.3. The molecule has 1 atom stereocenters. The molecule has 1 unspecified atom stereocenters. The van der Waals surface area contributed by atoms with Crippen LogP contribution in [0.5, 0.6) is 0 Å². The van der Waals surface area contributed by atoms with E-state index in [2.05, 4.69) is 5.32 Å². The van der Waals surface area contributed by atoms with Gasteiger partial charge in [-0.1, -0.05) is 25.5 Å². The van der Waals surface area contributed by atoms with Crippen LogP contribution in [0.1, 0.15) is 40.5 Å². The summed E-state index contributed by atoms with van der Waals surface area (Å²) in [5, 5.41) is 2.25. The summed E-state index contributed by atoms with van der Waals surface area (Å²) in [4.78, 5) is 44.7. The van der Waals surface area contributed by atoms with Crippen molar-refractivity contribution < 1.29 is 19.2 Å². The highest BCUT2D eigenvalue weighted by Gasteiger charge is 2.23. The zero-order valence-corrected chi connectivity index (χ0v) is 13.6. The van der Waals surface area contributed by atoms with Gasteiger partial charge in [0, 0.05) is 25.3 Å². The number of anilines is 1. The fourth-order valence-electron chi connectivity index (χ4n) is 1.91. The first-order chi connectivity index (χ1) is 11.0. The van der Waals surface area contributed by atoms with Crippen LogP contribution in [0.15, 0.2) is 18.2 Å². The Bertz CT molecular complexity index is 546. The summed E-state index contributed by atoms with van der Waals surface area (Å²) in [6.45, 7) is 1.93. The summed E-state index contributed by atoms with van der Waals surface area (Å²) in [7, 11) is 3.10. The maximum absolute atomic E-state index is 12.3. The van der Waals surface area contributed by atoms with Gasteiger partial charge in [-0.15, -0.1) is 0 Å². The number of rotatable bonds is 7. The van der Waals surface area contributed by atoms with Gasteiger partial charge in [-0.25, -0.2) is 0 Å². The molecule has 0 radical (unpaired) electrons. The number of hydrogen-bond acceptors (Lipinski definition) is 5. The van der Waals surface area contributed by atoms with Gasteiger partial charge in [0.15, 0.2) is 6.29 Å². The van der Waals surface area contributed by atoms with E-state index < -0.39 is 11.9 Å². The predicted molar refractivity (Wildman–Crippen MR) is 88.2 cm³/mol. The van der Waals surface area contributed by atoms with Gasteiger partial charge in [0.2, 0.25) is 6.41 Å². The number of nitrogens with one attached hydrogen (secondary N) is 1. The Kier molecular flexibility index (Phi) is 9.66. The standard InChI is InChI=1S/C14H18N2O3.C2H5NO/c1-3-5-11(9-18)16(2)14(19)13-10(8-17)6-4-7-12(13)15;1-3-2-4/h4,6-9,11H,3,5,15H2,1-2H3;2H,1H3,(H,3,4). The Morgan fingerprint density at radius 2 is 1.96 bits per heavy atom. The summed E-state index contributed by atoms with van der Waals surface area (Å²) in [5.74, 6) is -0.411. The highest BCUT2D eigenvalue weighted by Crippen LogP contribution is 2.19. The van der Waals surface area contributed by atoms with Crippen LogP contribution in [0.4, 0.5) is 5.69 Å². The van der Waals surface area contributed by atoms with Crippen molar-refractivity contribution in [3.8, 4) is 0 Å². The van der Waals surface area contributed by atoms with E-state index in [1.165, 1.54) is 18.0 Å². The van der Waals surface area contributed by atoms with Gasteiger partial charge in [-0.3, -0.25) is 14.4 Å². The van der Waals surface area contributed by atoms with E-state index in [0.717, 1.165) is 12.7 Å². The fraction of sp³-hybridized carbons (Fsp3) is 0.375. The van der Waals surface area contributed by atoms with Crippen LogP contribution >= 0.6 is 0 Å². The van der Waals surface area contributed by atoms with Crippen LogP contribution in [0.3, 0.4) is 0 Å². The summed E-state index contributed by atoms with van der Waals surface area (Å²) >= 11 is 0. The normalized spacial score (nSPS) is 10.6. The van der Waals surface area contributed by atoms with Crippen molar-refractivity contribution in [2.45, 2.75) is 25.8 Å². The number of nitrogens with two attached hydrogens (primary N) is 1. The van der Waals surface area contributed by atoms with Crippen LogP contribution in [-0.2, 0) is 9.59 Å². The number of hydrogen-bond donors (Lipinski definition) is 2. The molecule has 0 aliphatic carbocycles. The van der Waals surface area contributed by atoms with Gasteiger partial charge < -0.3 is 20.7 Å². The molecule has 3 N–H and O–H groups in total. The Morgan fingerprint density at radius 1 is 1.35 bits per heavy atom. The molecule has 0 aromatic heterocycles. The molecule has 23 heavy (non-hydrogen) atoms. The smallest absolute Gasteiger partial charge is 0.257 e. The van der Waals surface area contributed by atoms with Crippen molar-refractivity contribution in [3.05, 3.63) is 29.3 Å². The molecule has 126 valence electrons. The lowest BCUT2D eigenvalue weighted by Gasteiger charge is -2.24. The van der Waals surface area contributed by atoms with Crippen molar-refractivity contribution >= 4 is 30.6 Å². The van der Waals surface area contributed by atoms with Gasteiger partial charge in [0.05, 0.1) is 11.6 Å². The van der Waals surface area contributed by atoms with E-state index >= 15 is 0 Å². The van der Waals surface area contributed by atoms with E-state index in [1.54, 1.807) is 19.2 Å². The van der Waals surface area contributed by atoms with Crippen molar-refractivity contribution in [2.24, 2.45) is 0 Å². The number of amides is 2. The van der Waals surface area contributed by atoms with Gasteiger partial charge in [0.25, 0.3) is 5.91 Å². The number of likely N-dealkylation sites (N-methyl/N-ethyl adjacent to an activating group) is 1. The zero-order valence-electron chi connectivity index (χ0n) is 13.6. The third kappa shape index (κ3) is 5.90. The molecule has 0 heterocycles. The monoisotopic (exact) mass is 321 g/mol. The second-order valence-corrected chi connectivity index (χ2v) is 4.74. The van der Waals surface area contributed by atoms with E-state index in [0.29, 0.717) is 19.1 Å². The average Bonchev–Trinajstić information content (AvgIpc) is 2.58. The highest BCUT2D eigenvalue weighted by molar-refractivity contribution is 6.06. The molecule has 2 amide bonds. The molecule has 7 heteroatoms.